The zero-order valence-corrected chi connectivity index (χ0v) is 19.6. The minimum absolute atomic E-state index is 0.522. The number of benzene rings is 1. The maximum atomic E-state index is 6.08. The van der Waals surface area contributed by atoms with Crippen molar-refractivity contribution in [2.75, 3.05) is 0 Å². The average molecular weight is 687 g/mol. The summed E-state index contributed by atoms with van der Waals surface area (Å²) >= 11 is 10.6. The molecule has 0 saturated heterocycles. The van der Waals surface area contributed by atoms with E-state index in [9.17, 15) is 0 Å². The number of hydrogen-bond donors (Lipinski definition) is 0. The molecule has 0 N–H and O–H groups in total. The Morgan fingerprint density at radius 1 is 1.19 bits per heavy atom. The van der Waals surface area contributed by atoms with E-state index in [1.165, 1.54) is 3.57 Å². The maximum absolute atomic E-state index is 6.08. The second-order valence-electron chi connectivity index (χ2n) is 4.36. The van der Waals surface area contributed by atoms with E-state index >= 15 is 0 Å². The smallest absolute Gasteiger partial charge is 0.146 e. The molecule has 0 saturated carbocycles. The summed E-state index contributed by atoms with van der Waals surface area (Å²) in [6.45, 7) is 5.58. The van der Waals surface area contributed by atoms with Crippen LogP contribution in [0.2, 0.25) is 0 Å². The number of nitrogens with zero attached hydrogens (tertiary/aromatic N) is 2. The Morgan fingerprint density at radius 3 is 2.33 bits per heavy atom. The highest BCUT2D eigenvalue weighted by Gasteiger charge is 2.16. The van der Waals surface area contributed by atoms with Crippen molar-refractivity contribution in [3.8, 4) is 5.75 Å². The van der Waals surface area contributed by atoms with Gasteiger partial charge in [0.15, 0.2) is 0 Å². The molecule has 1 aromatic carbocycles. The fourth-order valence-electron chi connectivity index (χ4n) is 1.96. The third kappa shape index (κ3) is 4.25. The molecule has 2 rings (SSSR count). The van der Waals surface area contributed by atoms with E-state index in [1.807, 2.05) is 4.68 Å². The molecule has 0 aliphatic rings. The summed E-state index contributed by atoms with van der Waals surface area (Å²) in [6.07, 6.45) is 0.916. The lowest BCUT2D eigenvalue weighted by Crippen LogP contribution is -2.08. The van der Waals surface area contributed by atoms with Gasteiger partial charge in [0.05, 0.1) is 23.0 Å². The lowest BCUT2D eigenvalue weighted by molar-refractivity contribution is 0.287. The number of hydrogen-bond acceptors (Lipinski definition) is 2. The number of rotatable bonds is 5. The molecule has 21 heavy (non-hydrogen) atoms. The fourth-order valence-corrected chi connectivity index (χ4v) is 6.54. The van der Waals surface area contributed by atoms with Crippen LogP contribution in [0.5, 0.6) is 5.75 Å². The van der Waals surface area contributed by atoms with Crippen LogP contribution in [0.25, 0.3) is 0 Å². The summed E-state index contributed by atoms with van der Waals surface area (Å²) in [7, 11) is 0. The van der Waals surface area contributed by atoms with Crippen molar-refractivity contribution in [3.05, 3.63) is 38.7 Å². The molecule has 0 spiro atoms. The van der Waals surface area contributed by atoms with Gasteiger partial charge < -0.3 is 4.74 Å². The van der Waals surface area contributed by atoms with Crippen LogP contribution in [-0.2, 0) is 19.6 Å². The van der Waals surface area contributed by atoms with Crippen LogP contribution < -0.4 is 4.74 Å². The number of aryl methyl sites for hydroxylation is 2. The Balaban J connectivity index is 2.26. The average Bonchev–Trinajstić information content (AvgIpc) is 2.73. The molecule has 0 bridgehead atoms. The van der Waals surface area contributed by atoms with E-state index in [2.05, 4.69) is 115 Å². The largest absolute Gasteiger partial charge is 0.485 e. The maximum Gasteiger partial charge on any atom is 0.146 e. The second-order valence-corrected chi connectivity index (χ2v) is 8.73. The van der Waals surface area contributed by atoms with Gasteiger partial charge >= 0.3 is 0 Å². The van der Waals surface area contributed by atoms with Crippen molar-refractivity contribution in [2.45, 2.75) is 33.4 Å². The highest BCUT2D eigenvalue weighted by Crippen LogP contribution is 2.31. The SMILES string of the molecule is CCc1nn(CC)c(COc2c(I)cc(I)cc2I)c1Br. The standard InChI is InChI=1S/C14H14BrI3N2O/c1-3-11-13(15)12(20(4-2)19-11)7-21-14-9(17)5-8(16)6-10(14)18/h5-6H,3-4,7H2,1-2H3. The number of aromatic nitrogens is 2. The Kier molecular flexibility index (Phi) is 7.07. The molecule has 0 amide bonds. The van der Waals surface area contributed by atoms with Crippen LogP contribution >= 0.6 is 83.7 Å². The first-order valence-electron chi connectivity index (χ1n) is 6.49. The van der Waals surface area contributed by atoms with Crippen LogP contribution in [0.3, 0.4) is 0 Å². The summed E-state index contributed by atoms with van der Waals surface area (Å²) in [5.74, 6) is 0.949. The highest BCUT2D eigenvalue weighted by atomic mass is 127. The van der Waals surface area contributed by atoms with Crippen molar-refractivity contribution < 1.29 is 4.74 Å². The van der Waals surface area contributed by atoms with Crippen LogP contribution in [0.15, 0.2) is 16.6 Å². The first kappa shape index (κ1) is 18.2. The fraction of sp³-hybridized carbons (Fsp3) is 0.357. The monoisotopic (exact) mass is 686 g/mol. The Hall–Kier alpha value is 0.900. The van der Waals surface area contributed by atoms with Crippen LogP contribution in [0.1, 0.15) is 25.2 Å². The molecule has 0 atom stereocenters. The van der Waals surface area contributed by atoms with Crippen molar-refractivity contribution >= 4 is 83.7 Å². The summed E-state index contributed by atoms with van der Waals surface area (Å²) in [5, 5.41) is 4.60. The summed E-state index contributed by atoms with van der Waals surface area (Å²) < 4.78 is 12.7. The van der Waals surface area contributed by atoms with Gasteiger partial charge in [-0.15, -0.1) is 0 Å². The predicted molar refractivity (Wildman–Crippen MR) is 114 cm³/mol. The van der Waals surface area contributed by atoms with Gasteiger partial charge in [-0.1, -0.05) is 6.92 Å². The Bertz CT molecular complexity index is 635. The first-order chi connectivity index (χ1) is 9.97. The minimum Gasteiger partial charge on any atom is -0.485 e. The van der Waals surface area contributed by atoms with Gasteiger partial charge in [0.1, 0.15) is 12.4 Å². The summed E-state index contributed by atoms with van der Waals surface area (Å²) in [6, 6.07) is 4.25. The number of ether oxygens (including phenoxy) is 1. The molecule has 7 heteroatoms. The molecule has 0 radical (unpaired) electrons. The van der Waals surface area contributed by atoms with E-state index in [1.54, 1.807) is 0 Å². The third-order valence-electron chi connectivity index (χ3n) is 3.01. The molecule has 1 heterocycles. The second kappa shape index (κ2) is 8.13. The summed E-state index contributed by atoms with van der Waals surface area (Å²) in [5.41, 5.74) is 2.18. The van der Waals surface area contributed by atoms with Crippen LogP contribution in [0, 0.1) is 10.7 Å². The molecular weight excluding hydrogens is 673 g/mol. The third-order valence-corrected chi connectivity index (χ3v) is 6.15. The lowest BCUT2D eigenvalue weighted by atomic mass is 10.3. The van der Waals surface area contributed by atoms with E-state index in [0.717, 1.165) is 41.7 Å². The predicted octanol–water partition coefficient (Wildman–Crippen LogP) is 5.62. The van der Waals surface area contributed by atoms with Gasteiger partial charge in [-0.25, -0.2) is 0 Å². The Morgan fingerprint density at radius 2 is 1.81 bits per heavy atom. The van der Waals surface area contributed by atoms with Crippen LogP contribution in [-0.4, -0.2) is 9.78 Å². The number of halogens is 4. The van der Waals surface area contributed by atoms with Crippen molar-refractivity contribution in [1.29, 1.82) is 0 Å². The molecule has 0 fully saturated rings. The topological polar surface area (TPSA) is 27.1 Å². The van der Waals surface area contributed by atoms with Crippen molar-refractivity contribution in [2.24, 2.45) is 0 Å². The molecule has 0 aliphatic heterocycles. The van der Waals surface area contributed by atoms with Crippen molar-refractivity contribution in [3.63, 3.8) is 0 Å². The normalized spacial score (nSPS) is 11.0. The highest BCUT2D eigenvalue weighted by molar-refractivity contribution is 14.1. The van der Waals surface area contributed by atoms with Gasteiger partial charge in [-0.2, -0.15) is 5.10 Å². The van der Waals surface area contributed by atoms with Gasteiger partial charge in [0.25, 0.3) is 0 Å². The Labute approximate surface area is 174 Å². The molecule has 2 aromatic rings. The molecular formula is C14H14BrI3N2O. The summed E-state index contributed by atoms with van der Waals surface area (Å²) in [4.78, 5) is 0. The minimum atomic E-state index is 0.522. The zero-order chi connectivity index (χ0) is 15.6. The molecule has 3 nitrogen and oxygen atoms in total. The first-order valence-corrected chi connectivity index (χ1v) is 10.5. The van der Waals surface area contributed by atoms with E-state index in [4.69, 9.17) is 4.74 Å². The molecule has 0 aliphatic carbocycles. The van der Waals surface area contributed by atoms with Gasteiger partial charge in [-0.3, -0.25) is 4.68 Å². The van der Waals surface area contributed by atoms with Crippen molar-refractivity contribution in [1.82, 2.24) is 9.78 Å². The van der Waals surface area contributed by atoms with Gasteiger partial charge in [0.2, 0.25) is 0 Å². The van der Waals surface area contributed by atoms with E-state index < -0.39 is 0 Å². The van der Waals surface area contributed by atoms with E-state index in [-0.39, 0.29) is 0 Å². The van der Waals surface area contributed by atoms with Gasteiger partial charge in [0, 0.05) is 10.1 Å². The zero-order valence-electron chi connectivity index (χ0n) is 11.6. The van der Waals surface area contributed by atoms with E-state index in [0.29, 0.717) is 6.61 Å². The molecule has 1 aromatic heterocycles. The quantitative estimate of drug-likeness (QED) is 0.382. The molecule has 114 valence electrons. The van der Waals surface area contributed by atoms with Crippen LogP contribution in [0.4, 0.5) is 0 Å². The molecule has 0 unspecified atom stereocenters. The lowest BCUT2D eigenvalue weighted by Gasteiger charge is -2.12. The van der Waals surface area contributed by atoms with Gasteiger partial charge in [-0.05, 0) is 109 Å².